The molecule has 2 heterocycles. The maximum absolute atomic E-state index is 12.2. The van der Waals surface area contributed by atoms with Crippen molar-refractivity contribution in [1.29, 1.82) is 0 Å². The van der Waals surface area contributed by atoms with Gasteiger partial charge in [-0.3, -0.25) is 4.79 Å². The average molecular weight is 307 g/mol. The second kappa shape index (κ2) is 7.80. The number of nitrogens with one attached hydrogen (secondary N) is 1. The van der Waals surface area contributed by atoms with Crippen molar-refractivity contribution in [3.63, 3.8) is 0 Å². The largest absolute Gasteiger partial charge is 0.351 e. The van der Waals surface area contributed by atoms with Gasteiger partial charge >= 0.3 is 0 Å². The van der Waals surface area contributed by atoms with Gasteiger partial charge in [-0.05, 0) is 36.6 Å². The maximum Gasteiger partial charge on any atom is 0.254 e. The van der Waals surface area contributed by atoms with Gasteiger partial charge in [0.15, 0.2) is 0 Å². The lowest BCUT2D eigenvalue weighted by atomic mass is 9.92. The summed E-state index contributed by atoms with van der Waals surface area (Å²) in [6, 6.07) is 3.64. The molecule has 0 saturated carbocycles. The van der Waals surface area contributed by atoms with E-state index in [1.54, 1.807) is 6.20 Å². The molecule has 4 nitrogen and oxygen atoms in total. The van der Waals surface area contributed by atoms with Crippen molar-refractivity contribution in [1.82, 2.24) is 15.2 Å². The van der Waals surface area contributed by atoms with Crippen molar-refractivity contribution < 1.29 is 4.79 Å². The lowest BCUT2D eigenvalue weighted by molar-refractivity contribution is 0.0933. The molecule has 1 aliphatic rings. The van der Waals surface area contributed by atoms with Crippen molar-refractivity contribution >= 4 is 17.7 Å². The van der Waals surface area contributed by atoms with Crippen LogP contribution in [0.5, 0.6) is 0 Å². The molecule has 1 N–H and O–H groups in total. The Morgan fingerprint density at radius 3 is 2.81 bits per heavy atom. The zero-order valence-corrected chi connectivity index (χ0v) is 13.9. The summed E-state index contributed by atoms with van der Waals surface area (Å²) in [5, 5.41) is 3.80. The minimum Gasteiger partial charge on any atom is -0.351 e. The summed E-state index contributed by atoms with van der Waals surface area (Å²) < 4.78 is 0. The zero-order valence-electron chi connectivity index (χ0n) is 13.1. The van der Waals surface area contributed by atoms with Gasteiger partial charge in [0, 0.05) is 32.4 Å². The molecule has 1 aromatic heterocycles. The molecule has 2 unspecified atom stereocenters. The Kier molecular flexibility index (Phi) is 6.06. The number of rotatable bonds is 5. The van der Waals surface area contributed by atoms with Gasteiger partial charge in [0.2, 0.25) is 0 Å². The van der Waals surface area contributed by atoms with Crippen LogP contribution in [-0.2, 0) is 0 Å². The summed E-state index contributed by atoms with van der Waals surface area (Å²) >= 11 is 1.50. The Labute approximate surface area is 131 Å². The van der Waals surface area contributed by atoms with E-state index >= 15 is 0 Å². The van der Waals surface area contributed by atoms with Crippen LogP contribution in [0.15, 0.2) is 23.4 Å². The van der Waals surface area contributed by atoms with Crippen LogP contribution in [-0.4, -0.2) is 48.2 Å². The van der Waals surface area contributed by atoms with Crippen molar-refractivity contribution in [3.05, 3.63) is 23.9 Å². The maximum atomic E-state index is 12.2. The van der Waals surface area contributed by atoms with Gasteiger partial charge in [0.25, 0.3) is 5.91 Å². The third-order valence-corrected chi connectivity index (χ3v) is 4.58. The van der Waals surface area contributed by atoms with E-state index in [1.807, 2.05) is 18.4 Å². The van der Waals surface area contributed by atoms with Crippen LogP contribution in [0.25, 0.3) is 0 Å². The quantitative estimate of drug-likeness (QED) is 0.849. The molecule has 0 bridgehead atoms. The monoisotopic (exact) mass is 307 g/mol. The molecule has 1 saturated heterocycles. The number of piperidine rings is 1. The van der Waals surface area contributed by atoms with Crippen LogP contribution in [0.4, 0.5) is 0 Å². The highest BCUT2D eigenvalue weighted by Crippen LogP contribution is 2.20. The molecule has 0 aliphatic carbocycles. The van der Waals surface area contributed by atoms with Crippen LogP contribution in [0.1, 0.15) is 30.6 Å². The normalized spacial score (nSPS) is 23.0. The van der Waals surface area contributed by atoms with Gasteiger partial charge in [0.05, 0.1) is 5.56 Å². The van der Waals surface area contributed by atoms with E-state index < -0.39 is 0 Å². The fourth-order valence-electron chi connectivity index (χ4n) is 3.12. The molecular weight excluding hydrogens is 282 g/mol. The molecule has 21 heavy (non-hydrogen) atoms. The summed E-state index contributed by atoms with van der Waals surface area (Å²) in [5.74, 6) is 1.49. The number of pyridine rings is 1. The van der Waals surface area contributed by atoms with Gasteiger partial charge in [-0.1, -0.05) is 13.8 Å². The van der Waals surface area contributed by atoms with Crippen LogP contribution in [0.2, 0.25) is 0 Å². The number of hydrogen-bond donors (Lipinski definition) is 1. The fourth-order valence-corrected chi connectivity index (χ4v) is 3.67. The summed E-state index contributed by atoms with van der Waals surface area (Å²) in [6.45, 7) is 8.52. The highest BCUT2D eigenvalue weighted by atomic mass is 32.2. The van der Waals surface area contributed by atoms with E-state index in [-0.39, 0.29) is 5.91 Å². The van der Waals surface area contributed by atoms with Crippen LogP contribution >= 0.6 is 11.8 Å². The molecule has 116 valence electrons. The molecule has 1 aromatic rings. The van der Waals surface area contributed by atoms with Crippen LogP contribution in [0.3, 0.4) is 0 Å². The lowest BCUT2D eigenvalue weighted by Crippen LogP contribution is -2.42. The molecule has 1 fully saturated rings. The molecule has 1 aliphatic heterocycles. The number of thioether (sulfide) groups is 1. The van der Waals surface area contributed by atoms with Crippen molar-refractivity contribution in [2.45, 2.75) is 25.3 Å². The molecule has 0 radical (unpaired) electrons. The summed E-state index contributed by atoms with van der Waals surface area (Å²) in [6.07, 6.45) is 4.98. The van der Waals surface area contributed by atoms with E-state index in [2.05, 4.69) is 29.0 Å². The Balaban J connectivity index is 1.81. The predicted molar refractivity (Wildman–Crippen MR) is 87.7 cm³/mol. The van der Waals surface area contributed by atoms with Gasteiger partial charge in [0.1, 0.15) is 5.03 Å². The summed E-state index contributed by atoms with van der Waals surface area (Å²) in [5.41, 5.74) is 0.672. The van der Waals surface area contributed by atoms with Crippen molar-refractivity contribution in [2.24, 2.45) is 11.8 Å². The number of aromatic nitrogens is 1. The smallest absolute Gasteiger partial charge is 0.254 e. The lowest BCUT2D eigenvalue weighted by Gasteiger charge is -2.34. The Morgan fingerprint density at radius 1 is 1.43 bits per heavy atom. The SMILES string of the molecule is CSc1ncccc1C(=O)NCCN1CC(C)CC(C)C1. The number of amides is 1. The Morgan fingerprint density at radius 2 is 2.14 bits per heavy atom. The number of hydrogen-bond acceptors (Lipinski definition) is 4. The molecule has 0 aromatic carbocycles. The van der Waals surface area contributed by atoms with Gasteiger partial charge in [-0.25, -0.2) is 4.98 Å². The highest BCUT2D eigenvalue weighted by molar-refractivity contribution is 7.98. The Hall–Kier alpha value is -1.07. The van der Waals surface area contributed by atoms with E-state index in [1.165, 1.54) is 18.2 Å². The molecule has 5 heteroatoms. The first kappa shape index (κ1) is 16.3. The van der Waals surface area contributed by atoms with Crippen LogP contribution < -0.4 is 5.32 Å². The van der Waals surface area contributed by atoms with Crippen molar-refractivity contribution in [2.75, 3.05) is 32.4 Å². The number of likely N-dealkylation sites (tertiary alicyclic amines) is 1. The Bertz CT molecular complexity index is 470. The highest BCUT2D eigenvalue weighted by Gasteiger charge is 2.21. The number of carbonyl (C=O) groups excluding carboxylic acids is 1. The molecule has 2 rings (SSSR count). The standard InChI is InChI=1S/C16H25N3OS/c1-12-9-13(2)11-19(10-12)8-7-17-15(20)14-5-4-6-18-16(14)21-3/h4-6,12-13H,7-11H2,1-3H3,(H,17,20). The first-order valence-corrected chi connectivity index (χ1v) is 8.82. The summed E-state index contributed by atoms with van der Waals surface area (Å²) in [4.78, 5) is 18.9. The topological polar surface area (TPSA) is 45.2 Å². The average Bonchev–Trinajstić information content (AvgIpc) is 2.46. The van der Waals surface area contributed by atoms with E-state index in [0.717, 1.165) is 36.5 Å². The predicted octanol–water partition coefficient (Wildman–Crippen LogP) is 2.51. The third kappa shape index (κ3) is 4.71. The fraction of sp³-hybridized carbons (Fsp3) is 0.625. The minimum atomic E-state index is -0.0226. The second-order valence-electron chi connectivity index (χ2n) is 6.02. The second-order valence-corrected chi connectivity index (χ2v) is 6.82. The zero-order chi connectivity index (χ0) is 15.2. The molecular formula is C16H25N3OS. The number of carbonyl (C=O) groups is 1. The first-order chi connectivity index (χ1) is 10.1. The van der Waals surface area contributed by atoms with E-state index in [4.69, 9.17) is 0 Å². The summed E-state index contributed by atoms with van der Waals surface area (Å²) in [7, 11) is 0. The van der Waals surface area contributed by atoms with Gasteiger partial charge in [-0.15, -0.1) is 11.8 Å². The molecule has 2 atom stereocenters. The minimum absolute atomic E-state index is 0.0226. The molecule has 1 amide bonds. The number of nitrogens with zero attached hydrogens (tertiary/aromatic N) is 2. The van der Waals surface area contributed by atoms with Gasteiger partial charge < -0.3 is 10.2 Å². The third-order valence-electron chi connectivity index (χ3n) is 3.87. The van der Waals surface area contributed by atoms with E-state index in [0.29, 0.717) is 12.1 Å². The van der Waals surface area contributed by atoms with Crippen molar-refractivity contribution in [3.8, 4) is 0 Å². The van der Waals surface area contributed by atoms with E-state index in [9.17, 15) is 4.79 Å². The van der Waals surface area contributed by atoms with Crippen LogP contribution in [0, 0.1) is 11.8 Å². The van der Waals surface area contributed by atoms with Gasteiger partial charge in [-0.2, -0.15) is 0 Å². The molecule has 0 spiro atoms. The first-order valence-electron chi connectivity index (χ1n) is 7.59.